The van der Waals surface area contributed by atoms with Crippen LogP contribution in [-0.4, -0.2) is 13.9 Å². The average molecular weight is 333 g/mol. The summed E-state index contributed by atoms with van der Waals surface area (Å²) in [6.07, 6.45) is 0. The summed E-state index contributed by atoms with van der Waals surface area (Å²) in [5.74, 6) is -12.0. The number of alkyl halides is 3. The number of benzene rings is 1. The Balaban J connectivity index is 3.48. The molecule has 0 N–H and O–H groups in total. The molecule has 0 atom stereocenters. The van der Waals surface area contributed by atoms with Crippen molar-refractivity contribution in [2.24, 2.45) is 0 Å². The molecule has 0 aliphatic carbocycles. The molecule has 0 aliphatic rings. The van der Waals surface area contributed by atoms with E-state index in [0.29, 0.717) is 0 Å². The Morgan fingerprint density at radius 1 is 0.895 bits per heavy atom. The second-order valence-electron chi connectivity index (χ2n) is 2.88. The third-order valence-corrected chi connectivity index (χ3v) is 2.93. The van der Waals surface area contributed by atoms with Crippen LogP contribution in [-0.2, 0) is 10.1 Å². The summed E-state index contributed by atoms with van der Waals surface area (Å²) in [5.41, 5.74) is -6.04. The predicted molar refractivity (Wildman–Crippen MR) is 46.9 cm³/mol. The highest BCUT2D eigenvalue weighted by Crippen LogP contribution is 2.35. The number of hydrogen-bond donors (Lipinski definition) is 0. The van der Waals surface area contributed by atoms with Gasteiger partial charge in [-0.2, -0.15) is 30.4 Å². The third-order valence-electron chi connectivity index (χ3n) is 1.65. The summed E-state index contributed by atoms with van der Waals surface area (Å²) in [4.78, 5) is 0. The zero-order valence-electron chi connectivity index (χ0n) is 8.16. The molecule has 0 aromatic heterocycles. The van der Waals surface area contributed by atoms with Gasteiger partial charge in [-0.3, -0.25) is 0 Å². The van der Waals surface area contributed by atoms with Crippen LogP contribution >= 0.6 is 11.6 Å². The van der Waals surface area contributed by atoms with Crippen molar-refractivity contribution in [1.82, 2.24) is 0 Å². The quantitative estimate of drug-likeness (QED) is 0.275. The van der Waals surface area contributed by atoms with Gasteiger partial charge in [-0.05, 0) is 0 Å². The highest BCUT2D eigenvalue weighted by molar-refractivity contribution is 7.88. The van der Waals surface area contributed by atoms with Gasteiger partial charge in [0, 0.05) is 0 Å². The highest BCUT2D eigenvalue weighted by atomic mass is 35.5. The van der Waals surface area contributed by atoms with Gasteiger partial charge in [-0.15, -0.1) is 0 Å². The first-order chi connectivity index (χ1) is 8.40. The molecule has 0 saturated heterocycles. The Hall–Kier alpha value is -1.23. The number of rotatable bonds is 2. The van der Waals surface area contributed by atoms with Crippen LogP contribution in [0.4, 0.5) is 30.7 Å². The Morgan fingerprint density at radius 3 is 1.58 bits per heavy atom. The fourth-order valence-corrected chi connectivity index (χ4v) is 1.44. The van der Waals surface area contributed by atoms with Crippen molar-refractivity contribution in [3.8, 4) is 5.75 Å². The first kappa shape index (κ1) is 15.8. The molecule has 0 aliphatic heterocycles. The molecule has 1 aromatic rings. The first-order valence-corrected chi connectivity index (χ1v) is 5.71. The summed E-state index contributed by atoms with van der Waals surface area (Å²) in [6.45, 7) is 0. The van der Waals surface area contributed by atoms with E-state index in [1.165, 1.54) is 0 Å². The van der Waals surface area contributed by atoms with E-state index in [1.54, 1.807) is 0 Å². The molecule has 0 heterocycles. The molecule has 1 aromatic carbocycles. The lowest BCUT2D eigenvalue weighted by Crippen LogP contribution is -2.29. The van der Waals surface area contributed by atoms with Gasteiger partial charge in [0.1, 0.15) is 5.02 Å². The van der Waals surface area contributed by atoms with Crippen LogP contribution in [0.3, 0.4) is 0 Å². The second kappa shape index (κ2) is 4.71. The molecule has 0 fully saturated rings. The maximum Gasteiger partial charge on any atom is 0.534 e. The molecule has 3 nitrogen and oxygen atoms in total. The maximum absolute atomic E-state index is 13.0. The molecule has 1 rings (SSSR count). The van der Waals surface area contributed by atoms with E-state index in [2.05, 4.69) is 4.18 Å². The molecule has 19 heavy (non-hydrogen) atoms. The molecule has 12 heteroatoms. The minimum absolute atomic E-state index is 1.70. The minimum atomic E-state index is -6.50. The van der Waals surface area contributed by atoms with Gasteiger partial charge < -0.3 is 4.18 Å². The van der Waals surface area contributed by atoms with Gasteiger partial charge in [0.05, 0.1) is 0 Å². The van der Waals surface area contributed by atoms with E-state index in [9.17, 15) is 39.2 Å². The van der Waals surface area contributed by atoms with E-state index in [4.69, 9.17) is 11.6 Å². The Morgan fingerprint density at radius 2 is 1.26 bits per heavy atom. The van der Waals surface area contributed by atoms with Crippen molar-refractivity contribution in [2.75, 3.05) is 0 Å². The van der Waals surface area contributed by atoms with Crippen LogP contribution in [0.1, 0.15) is 0 Å². The normalized spacial score (nSPS) is 12.6. The molecule has 0 saturated carbocycles. The smallest absolute Gasteiger partial charge is 0.369 e. The fraction of sp³-hybridized carbons (Fsp3) is 0.143. The highest BCUT2D eigenvalue weighted by Gasteiger charge is 2.49. The van der Waals surface area contributed by atoms with E-state index >= 15 is 0 Å². The Labute approximate surface area is 105 Å². The van der Waals surface area contributed by atoms with Crippen LogP contribution in [0.25, 0.3) is 0 Å². The molecular formula is C7ClF7O3S. The van der Waals surface area contributed by atoms with Crippen molar-refractivity contribution in [1.29, 1.82) is 0 Å². The summed E-state index contributed by atoms with van der Waals surface area (Å²) in [6, 6.07) is 0. The zero-order valence-corrected chi connectivity index (χ0v) is 9.73. The molecule has 0 unspecified atom stereocenters. The van der Waals surface area contributed by atoms with Crippen molar-refractivity contribution in [3.63, 3.8) is 0 Å². The number of hydrogen-bond acceptors (Lipinski definition) is 3. The van der Waals surface area contributed by atoms with Gasteiger partial charge in [-0.1, -0.05) is 11.6 Å². The first-order valence-electron chi connectivity index (χ1n) is 3.92. The van der Waals surface area contributed by atoms with Crippen molar-refractivity contribution in [2.45, 2.75) is 5.51 Å². The third kappa shape index (κ3) is 2.71. The maximum atomic E-state index is 13.0. The average Bonchev–Trinajstić information content (AvgIpc) is 2.28. The molecule has 108 valence electrons. The standard InChI is InChI=1S/C7ClF7O3S/c8-1-2(9)4(11)6(5(12)3(1)10)18-19(16,17)7(13,14)15. The summed E-state index contributed by atoms with van der Waals surface area (Å²) in [5, 5.41) is -1.70. The molecule has 0 radical (unpaired) electrons. The monoisotopic (exact) mass is 332 g/mol. The Kier molecular flexibility index (Phi) is 3.92. The van der Waals surface area contributed by atoms with Crippen LogP contribution in [0.5, 0.6) is 5.75 Å². The lowest BCUT2D eigenvalue weighted by molar-refractivity contribution is -0.0502. The van der Waals surface area contributed by atoms with Gasteiger partial charge in [-0.25, -0.2) is 8.78 Å². The van der Waals surface area contributed by atoms with E-state index < -0.39 is 49.7 Å². The van der Waals surface area contributed by atoms with E-state index in [1.807, 2.05) is 0 Å². The van der Waals surface area contributed by atoms with E-state index in [0.717, 1.165) is 0 Å². The van der Waals surface area contributed by atoms with Gasteiger partial charge in [0.25, 0.3) is 0 Å². The summed E-state index contributed by atoms with van der Waals surface area (Å²) >= 11 is 4.76. The summed E-state index contributed by atoms with van der Waals surface area (Å²) in [7, 11) is -6.50. The SMILES string of the molecule is O=S(=O)(Oc1c(F)c(F)c(Cl)c(F)c1F)C(F)(F)F. The van der Waals surface area contributed by atoms with Crippen LogP contribution < -0.4 is 4.18 Å². The van der Waals surface area contributed by atoms with Gasteiger partial charge in [0.15, 0.2) is 11.6 Å². The van der Waals surface area contributed by atoms with Crippen molar-refractivity contribution in [3.05, 3.63) is 28.3 Å². The molecule has 0 amide bonds. The van der Waals surface area contributed by atoms with Crippen LogP contribution in [0, 0.1) is 23.3 Å². The molecule has 0 bridgehead atoms. The van der Waals surface area contributed by atoms with Gasteiger partial charge >= 0.3 is 15.6 Å². The largest absolute Gasteiger partial charge is 0.534 e. The van der Waals surface area contributed by atoms with E-state index in [-0.39, 0.29) is 0 Å². The minimum Gasteiger partial charge on any atom is -0.369 e. The zero-order chi connectivity index (χ0) is 15.2. The van der Waals surface area contributed by atoms with Crippen molar-refractivity contribution < 1.29 is 43.3 Å². The topological polar surface area (TPSA) is 43.4 Å². The fourth-order valence-electron chi connectivity index (χ4n) is 0.815. The van der Waals surface area contributed by atoms with Gasteiger partial charge in [0.2, 0.25) is 17.4 Å². The summed E-state index contributed by atoms with van der Waals surface area (Å²) < 4.78 is 111. The Bertz CT molecular complexity index is 596. The van der Waals surface area contributed by atoms with Crippen molar-refractivity contribution >= 4 is 21.7 Å². The molecule has 0 spiro atoms. The van der Waals surface area contributed by atoms with Crippen LogP contribution in [0.15, 0.2) is 0 Å². The lowest BCUT2D eigenvalue weighted by Gasteiger charge is -2.12. The second-order valence-corrected chi connectivity index (χ2v) is 4.80. The molecular weight excluding hydrogens is 333 g/mol. The number of halogens is 8. The van der Waals surface area contributed by atoms with Crippen LogP contribution in [0.2, 0.25) is 5.02 Å². The lowest BCUT2D eigenvalue weighted by atomic mass is 10.3. The predicted octanol–water partition coefficient (Wildman–Crippen LogP) is 3.12.